The van der Waals surface area contributed by atoms with Crippen molar-refractivity contribution < 1.29 is 4.79 Å². The zero-order valence-electron chi connectivity index (χ0n) is 11.9. The normalized spacial score (nSPS) is 17.7. The second kappa shape index (κ2) is 4.84. The molecule has 1 aliphatic heterocycles. The number of hydrogen-bond donors (Lipinski definition) is 1. The molecule has 7 heteroatoms. The smallest absolute Gasteiger partial charge is 0.322 e. The first kappa shape index (κ1) is 12.8. The molecule has 1 N–H and O–H groups in total. The first-order valence-electron chi connectivity index (χ1n) is 7.23. The monoisotopic (exact) mass is 303 g/mol. The summed E-state index contributed by atoms with van der Waals surface area (Å²) >= 11 is 1.29. The predicted octanol–water partition coefficient (Wildman–Crippen LogP) is 2.34. The molecule has 0 radical (unpaired) electrons. The van der Waals surface area contributed by atoms with E-state index < -0.39 is 0 Å². The fourth-order valence-corrected chi connectivity index (χ4v) is 3.38. The molecule has 0 bridgehead atoms. The van der Waals surface area contributed by atoms with E-state index in [1.807, 2.05) is 11.0 Å². The Morgan fingerprint density at radius 1 is 1.48 bits per heavy atom. The Morgan fingerprint density at radius 3 is 3.05 bits per heavy atom. The number of nitrogens with one attached hydrogen (secondary N) is 1. The van der Waals surface area contributed by atoms with Gasteiger partial charge in [0, 0.05) is 37.8 Å². The minimum absolute atomic E-state index is 0.0662. The van der Waals surface area contributed by atoms with Gasteiger partial charge in [0.05, 0.1) is 12.2 Å². The van der Waals surface area contributed by atoms with Gasteiger partial charge in [-0.2, -0.15) is 4.37 Å². The highest BCUT2D eigenvalue weighted by Gasteiger charge is 2.32. The zero-order valence-corrected chi connectivity index (χ0v) is 12.7. The van der Waals surface area contributed by atoms with E-state index in [9.17, 15) is 4.79 Å². The van der Waals surface area contributed by atoms with Crippen LogP contribution >= 0.6 is 11.5 Å². The molecule has 0 spiro atoms. The molecule has 0 saturated heterocycles. The minimum atomic E-state index is -0.0662. The lowest BCUT2D eigenvalue weighted by Gasteiger charge is -2.26. The van der Waals surface area contributed by atoms with Crippen molar-refractivity contribution in [1.82, 2.24) is 18.8 Å². The first-order chi connectivity index (χ1) is 10.2. The molecule has 2 aromatic rings. The first-order valence-corrected chi connectivity index (χ1v) is 8.00. The van der Waals surface area contributed by atoms with E-state index in [0.29, 0.717) is 12.5 Å². The third kappa shape index (κ3) is 2.31. The molecule has 4 rings (SSSR count). The SMILES string of the molecule is Cn1c(C2CC2)nc2c1CCN(C(=O)Nc1ccns1)C2. The van der Waals surface area contributed by atoms with Crippen molar-refractivity contribution in [3.05, 3.63) is 29.5 Å². The Balaban J connectivity index is 1.51. The molecule has 21 heavy (non-hydrogen) atoms. The maximum Gasteiger partial charge on any atom is 0.322 e. The summed E-state index contributed by atoms with van der Waals surface area (Å²) in [5, 5.41) is 3.67. The van der Waals surface area contributed by atoms with Crippen molar-refractivity contribution in [3.63, 3.8) is 0 Å². The number of carbonyl (C=O) groups excluding carboxylic acids is 1. The molecule has 1 aliphatic carbocycles. The summed E-state index contributed by atoms with van der Waals surface area (Å²) in [6, 6.07) is 1.74. The van der Waals surface area contributed by atoms with Crippen LogP contribution in [0.4, 0.5) is 9.80 Å². The van der Waals surface area contributed by atoms with Gasteiger partial charge >= 0.3 is 6.03 Å². The fourth-order valence-electron chi connectivity index (χ4n) is 2.89. The van der Waals surface area contributed by atoms with E-state index >= 15 is 0 Å². The highest BCUT2D eigenvalue weighted by atomic mass is 32.1. The van der Waals surface area contributed by atoms with E-state index in [0.717, 1.165) is 23.7 Å². The molecule has 0 aromatic carbocycles. The van der Waals surface area contributed by atoms with Gasteiger partial charge in [0.2, 0.25) is 0 Å². The van der Waals surface area contributed by atoms with Crippen LogP contribution in [0.15, 0.2) is 12.3 Å². The van der Waals surface area contributed by atoms with Gasteiger partial charge in [0.1, 0.15) is 10.8 Å². The molecule has 2 aliphatic rings. The van der Waals surface area contributed by atoms with Crippen LogP contribution in [0.5, 0.6) is 0 Å². The molecule has 6 nitrogen and oxygen atoms in total. The summed E-state index contributed by atoms with van der Waals surface area (Å²) in [7, 11) is 2.10. The van der Waals surface area contributed by atoms with Crippen LogP contribution in [0.1, 0.15) is 36.0 Å². The van der Waals surface area contributed by atoms with Gasteiger partial charge in [0.15, 0.2) is 0 Å². The van der Waals surface area contributed by atoms with Gasteiger partial charge in [-0.1, -0.05) is 0 Å². The Kier molecular flexibility index (Phi) is 2.95. The highest BCUT2D eigenvalue weighted by molar-refractivity contribution is 7.10. The maximum atomic E-state index is 12.3. The van der Waals surface area contributed by atoms with E-state index in [-0.39, 0.29) is 6.03 Å². The number of rotatable bonds is 2. The topological polar surface area (TPSA) is 63.1 Å². The standard InChI is InChI=1S/C14H17N5OS/c1-18-11-5-7-19(14(20)17-12-4-6-15-21-12)8-10(11)16-13(18)9-2-3-9/h4,6,9H,2-3,5,7-8H2,1H3,(H,17,20). The second-order valence-corrected chi connectivity index (χ2v) is 6.51. The summed E-state index contributed by atoms with van der Waals surface area (Å²) < 4.78 is 6.23. The Morgan fingerprint density at radius 2 is 2.33 bits per heavy atom. The van der Waals surface area contributed by atoms with E-state index in [4.69, 9.17) is 4.98 Å². The summed E-state index contributed by atoms with van der Waals surface area (Å²) in [6.45, 7) is 1.34. The average molecular weight is 303 g/mol. The van der Waals surface area contributed by atoms with Gasteiger partial charge in [-0.15, -0.1) is 0 Å². The van der Waals surface area contributed by atoms with Crippen LogP contribution in [0, 0.1) is 0 Å². The van der Waals surface area contributed by atoms with Crippen LogP contribution in [0.25, 0.3) is 0 Å². The lowest BCUT2D eigenvalue weighted by Crippen LogP contribution is -2.39. The lowest BCUT2D eigenvalue weighted by molar-refractivity contribution is 0.205. The molecular weight excluding hydrogens is 286 g/mol. The number of urea groups is 1. The number of hydrogen-bond acceptors (Lipinski definition) is 4. The highest BCUT2D eigenvalue weighted by Crippen LogP contribution is 2.40. The Labute approximate surface area is 127 Å². The third-order valence-electron chi connectivity index (χ3n) is 4.19. The molecule has 0 atom stereocenters. The molecule has 2 aromatic heterocycles. The van der Waals surface area contributed by atoms with Gasteiger partial charge in [-0.3, -0.25) is 5.32 Å². The summed E-state index contributed by atoms with van der Waals surface area (Å²) in [4.78, 5) is 18.9. The molecule has 3 heterocycles. The molecule has 1 fully saturated rings. The van der Waals surface area contributed by atoms with Gasteiger partial charge in [-0.25, -0.2) is 9.78 Å². The number of fused-ring (bicyclic) bond motifs is 1. The quantitative estimate of drug-likeness (QED) is 0.926. The number of carbonyl (C=O) groups is 1. The lowest BCUT2D eigenvalue weighted by atomic mass is 10.1. The van der Waals surface area contributed by atoms with Gasteiger partial charge < -0.3 is 9.47 Å². The summed E-state index contributed by atoms with van der Waals surface area (Å²) in [5.74, 6) is 1.84. The number of nitrogens with zero attached hydrogens (tertiary/aromatic N) is 4. The number of amides is 2. The number of anilines is 1. The van der Waals surface area contributed by atoms with Crippen LogP contribution in [0.3, 0.4) is 0 Å². The molecule has 0 unspecified atom stereocenters. The van der Waals surface area contributed by atoms with Crippen LogP contribution in [-0.4, -0.2) is 31.4 Å². The van der Waals surface area contributed by atoms with Crippen molar-refractivity contribution in [2.45, 2.75) is 31.7 Å². The van der Waals surface area contributed by atoms with E-state index in [1.54, 1.807) is 6.20 Å². The van der Waals surface area contributed by atoms with Crippen molar-refractivity contribution in [2.75, 3.05) is 11.9 Å². The largest absolute Gasteiger partial charge is 0.334 e. The Hall–Kier alpha value is -1.89. The number of imidazole rings is 1. The van der Waals surface area contributed by atoms with Crippen molar-refractivity contribution in [3.8, 4) is 0 Å². The van der Waals surface area contributed by atoms with E-state index in [1.165, 1.54) is 35.9 Å². The van der Waals surface area contributed by atoms with Crippen LogP contribution < -0.4 is 5.32 Å². The van der Waals surface area contributed by atoms with Crippen molar-refractivity contribution in [2.24, 2.45) is 7.05 Å². The maximum absolute atomic E-state index is 12.3. The van der Waals surface area contributed by atoms with Gasteiger partial charge in [0.25, 0.3) is 0 Å². The van der Waals surface area contributed by atoms with E-state index in [2.05, 4.69) is 21.3 Å². The summed E-state index contributed by atoms with van der Waals surface area (Å²) in [6.07, 6.45) is 5.07. The predicted molar refractivity (Wildman–Crippen MR) is 80.4 cm³/mol. The van der Waals surface area contributed by atoms with Crippen molar-refractivity contribution >= 4 is 22.6 Å². The molecular formula is C14H17N5OS. The van der Waals surface area contributed by atoms with Crippen LogP contribution in [0.2, 0.25) is 0 Å². The molecule has 110 valence electrons. The van der Waals surface area contributed by atoms with Crippen LogP contribution in [-0.2, 0) is 20.0 Å². The fraction of sp³-hybridized carbons (Fsp3) is 0.500. The molecule has 2 amide bonds. The average Bonchev–Trinajstić information content (AvgIpc) is 3.11. The Bertz CT molecular complexity index is 674. The second-order valence-electron chi connectivity index (χ2n) is 5.68. The zero-order chi connectivity index (χ0) is 14.4. The summed E-state index contributed by atoms with van der Waals surface area (Å²) in [5.41, 5.74) is 2.35. The third-order valence-corrected chi connectivity index (χ3v) is 4.85. The van der Waals surface area contributed by atoms with Gasteiger partial charge in [-0.05, 0) is 30.4 Å². The minimum Gasteiger partial charge on any atom is -0.334 e. The molecule has 1 saturated carbocycles. The van der Waals surface area contributed by atoms with Crippen molar-refractivity contribution in [1.29, 1.82) is 0 Å². The number of aromatic nitrogens is 3.